The van der Waals surface area contributed by atoms with Crippen molar-refractivity contribution in [1.82, 2.24) is 4.57 Å². The molecule has 9 aromatic rings. The molecule has 60 heavy (non-hydrogen) atoms. The van der Waals surface area contributed by atoms with E-state index in [1.165, 1.54) is 82.8 Å². The lowest BCUT2D eigenvalue weighted by molar-refractivity contribution is 0.660. The molecule has 11 rings (SSSR count). The largest absolute Gasteiger partial charge is 0.313 e. The van der Waals surface area contributed by atoms with Crippen molar-refractivity contribution in [2.45, 2.75) is 39.0 Å². The fraction of sp³-hybridized carbons (Fsp3) is 0.103. The molecule has 290 valence electrons. The van der Waals surface area contributed by atoms with Crippen LogP contribution in [-0.4, -0.2) is 4.57 Å². The average Bonchev–Trinajstić information content (AvgIpc) is 3.76. The van der Waals surface area contributed by atoms with Crippen molar-refractivity contribution in [3.05, 3.63) is 218 Å². The molecule has 0 saturated heterocycles. The Morgan fingerprint density at radius 3 is 1.88 bits per heavy atom. The number of hydrogen-bond acceptors (Lipinski definition) is 1. The van der Waals surface area contributed by atoms with E-state index in [0.717, 1.165) is 29.9 Å². The van der Waals surface area contributed by atoms with Crippen LogP contribution >= 0.6 is 0 Å². The van der Waals surface area contributed by atoms with Gasteiger partial charge in [-0.2, -0.15) is 0 Å². The van der Waals surface area contributed by atoms with Gasteiger partial charge < -0.3 is 9.47 Å². The molecule has 0 saturated carbocycles. The Labute approximate surface area is 353 Å². The summed E-state index contributed by atoms with van der Waals surface area (Å²) in [5, 5.41) is 5.18. The van der Waals surface area contributed by atoms with Gasteiger partial charge in [-0.25, -0.2) is 0 Å². The van der Waals surface area contributed by atoms with Gasteiger partial charge in [0.15, 0.2) is 0 Å². The normalized spacial score (nSPS) is 13.7. The minimum Gasteiger partial charge on any atom is -0.313 e. The van der Waals surface area contributed by atoms with Crippen molar-refractivity contribution in [2.24, 2.45) is 0 Å². The molecule has 0 fully saturated rings. The van der Waals surface area contributed by atoms with Gasteiger partial charge in [0.2, 0.25) is 0 Å². The maximum Gasteiger partial charge on any atom is 0.0544 e. The number of allylic oxidation sites excluding steroid dienone is 5. The van der Waals surface area contributed by atoms with Crippen molar-refractivity contribution in [3.63, 3.8) is 0 Å². The predicted molar refractivity (Wildman–Crippen MR) is 259 cm³/mol. The second kappa shape index (κ2) is 15.2. The topological polar surface area (TPSA) is 8.17 Å². The fourth-order valence-corrected chi connectivity index (χ4v) is 9.59. The van der Waals surface area contributed by atoms with E-state index in [2.05, 4.69) is 224 Å². The van der Waals surface area contributed by atoms with Gasteiger partial charge in [0.05, 0.1) is 11.0 Å². The van der Waals surface area contributed by atoms with Gasteiger partial charge in [-0.1, -0.05) is 153 Å². The lowest BCUT2D eigenvalue weighted by atomic mass is 9.82. The highest BCUT2D eigenvalue weighted by Crippen LogP contribution is 2.51. The van der Waals surface area contributed by atoms with E-state index >= 15 is 0 Å². The van der Waals surface area contributed by atoms with Crippen LogP contribution < -0.4 is 4.90 Å². The first kappa shape index (κ1) is 37.1. The van der Waals surface area contributed by atoms with Crippen LogP contribution in [0.5, 0.6) is 0 Å². The maximum atomic E-state index is 3.36. The molecule has 0 aliphatic heterocycles. The molecule has 0 atom stereocenters. The van der Waals surface area contributed by atoms with Gasteiger partial charge in [-0.05, 0) is 136 Å². The number of benzene rings is 8. The minimum atomic E-state index is -0.0433. The van der Waals surface area contributed by atoms with Crippen molar-refractivity contribution < 1.29 is 0 Å². The van der Waals surface area contributed by atoms with Crippen LogP contribution in [-0.2, 0) is 5.41 Å². The molecule has 0 radical (unpaired) electrons. The summed E-state index contributed by atoms with van der Waals surface area (Å²) in [5.74, 6) is 0. The second-order valence-electron chi connectivity index (χ2n) is 16.5. The highest BCUT2D eigenvalue weighted by Gasteiger charge is 2.35. The van der Waals surface area contributed by atoms with E-state index in [0.29, 0.717) is 0 Å². The fourth-order valence-electron chi connectivity index (χ4n) is 9.59. The molecule has 0 bridgehead atoms. The van der Waals surface area contributed by atoms with Crippen molar-refractivity contribution in [1.29, 1.82) is 0 Å². The van der Waals surface area contributed by atoms with Gasteiger partial charge >= 0.3 is 0 Å². The van der Waals surface area contributed by atoms with E-state index in [-0.39, 0.29) is 5.41 Å². The Balaban J connectivity index is 0.00000140. The molecule has 2 nitrogen and oxygen atoms in total. The van der Waals surface area contributed by atoms with E-state index in [1.807, 2.05) is 6.92 Å². The smallest absolute Gasteiger partial charge is 0.0544 e. The number of fused-ring (bicyclic) bond motifs is 8. The van der Waals surface area contributed by atoms with Crippen LogP contribution in [0, 0.1) is 0 Å². The predicted octanol–water partition coefficient (Wildman–Crippen LogP) is 16.4. The van der Waals surface area contributed by atoms with Crippen LogP contribution in [0.15, 0.2) is 207 Å². The minimum absolute atomic E-state index is 0.0433. The number of hydrogen-bond donors (Lipinski definition) is 0. The Bertz CT molecular complexity index is 3120. The first-order valence-corrected chi connectivity index (χ1v) is 21.1. The van der Waals surface area contributed by atoms with Gasteiger partial charge in [0.25, 0.3) is 0 Å². The molecule has 2 aliphatic carbocycles. The summed E-state index contributed by atoms with van der Waals surface area (Å²) in [7, 11) is 0. The van der Waals surface area contributed by atoms with Crippen molar-refractivity contribution in [2.75, 3.05) is 4.90 Å². The van der Waals surface area contributed by atoms with E-state index in [9.17, 15) is 0 Å². The van der Waals surface area contributed by atoms with Gasteiger partial charge in [-0.3, -0.25) is 0 Å². The maximum absolute atomic E-state index is 3.36. The molecule has 0 spiro atoms. The quantitative estimate of drug-likeness (QED) is 0.153. The summed E-state index contributed by atoms with van der Waals surface area (Å²) >= 11 is 0. The number of rotatable bonds is 6. The zero-order chi connectivity index (χ0) is 40.8. The second-order valence-corrected chi connectivity index (χ2v) is 16.5. The van der Waals surface area contributed by atoms with Crippen LogP contribution in [0.4, 0.5) is 17.1 Å². The zero-order valence-electron chi connectivity index (χ0n) is 34.6. The SMILES string of the molecule is C=CC.CC1(C)c2ccccc2-c2cc(N(c3ccc(-c4ccccc4)cc3)c3ccc(-c4ccc5c(c4)c4c6ccccc6ccc4n5C4=CC=CCC4)cc3)ccc21. The molecule has 2 aliphatic rings. The van der Waals surface area contributed by atoms with E-state index in [4.69, 9.17) is 0 Å². The molecule has 1 aromatic heterocycles. The van der Waals surface area contributed by atoms with Crippen LogP contribution in [0.3, 0.4) is 0 Å². The Kier molecular flexibility index (Phi) is 9.42. The van der Waals surface area contributed by atoms with Crippen LogP contribution in [0.2, 0.25) is 0 Å². The lowest BCUT2D eigenvalue weighted by Gasteiger charge is -2.27. The summed E-state index contributed by atoms with van der Waals surface area (Å²) in [6.45, 7) is 9.94. The first-order valence-electron chi connectivity index (χ1n) is 21.1. The number of anilines is 3. The molecule has 0 unspecified atom stereocenters. The summed E-state index contributed by atoms with van der Waals surface area (Å²) in [4.78, 5) is 2.40. The molecule has 8 aromatic carbocycles. The van der Waals surface area contributed by atoms with Crippen LogP contribution in [0.25, 0.3) is 71.7 Å². The van der Waals surface area contributed by atoms with Crippen molar-refractivity contribution >= 4 is 55.3 Å². The highest BCUT2D eigenvalue weighted by molar-refractivity contribution is 6.22. The molecule has 1 heterocycles. The summed E-state index contributed by atoms with van der Waals surface area (Å²) < 4.78 is 2.49. The average molecular weight is 773 g/mol. The van der Waals surface area contributed by atoms with E-state index in [1.54, 1.807) is 6.08 Å². The monoisotopic (exact) mass is 772 g/mol. The molecule has 2 heteroatoms. The lowest BCUT2D eigenvalue weighted by Crippen LogP contribution is -2.15. The molecular weight excluding hydrogens is 725 g/mol. The third-order valence-corrected chi connectivity index (χ3v) is 12.5. The summed E-state index contributed by atoms with van der Waals surface area (Å²) in [6.07, 6.45) is 10.6. The van der Waals surface area contributed by atoms with Gasteiger partial charge in [0.1, 0.15) is 0 Å². The van der Waals surface area contributed by atoms with Crippen molar-refractivity contribution in [3.8, 4) is 33.4 Å². The Hall–Kier alpha value is -7.16. The molecule has 0 N–H and O–H groups in total. The number of aromatic nitrogens is 1. The van der Waals surface area contributed by atoms with Gasteiger partial charge in [-0.15, -0.1) is 6.58 Å². The summed E-state index contributed by atoms with van der Waals surface area (Å²) in [5.41, 5.74) is 17.5. The third kappa shape index (κ3) is 6.28. The molecule has 0 amide bonds. The number of nitrogens with zero attached hydrogens (tertiary/aromatic N) is 2. The standard InChI is InChI=1S/C55H42N2.C3H6/c1-55(2)50-20-12-11-19-47(50)48-36-45(31-32-51(48)55)56(43-27-21-38(22-28-43)37-13-5-3-6-14-37)44-29-23-39(24-30-44)41-26-33-52-49(35-41)54-46-18-10-9-15-40(46)25-34-53(54)57(52)42-16-7-4-8-17-42;1-3-2/h3-7,9-16,18-36H,8,17H2,1-2H3;3H,1H2,2H3. The van der Waals surface area contributed by atoms with Crippen LogP contribution in [0.1, 0.15) is 44.7 Å². The zero-order valence-corrected chi connectivity index (χ0v) is 34.6. The molecular formula is C58H48N2. The van der Waals surface area contributed by atoms with E-state index < -0.39 is 0 Å². The Morgan fingerprint density at radius 2 is 1.15 bits per heavy atom. The highest BCUT2D eigenvalue weighted by atomic mass is 15.1. The Morgan fingerprint density at radius 1 is 0.550 bits per heavy atom. The van der Waals surface area contributed by atoms with Gasteiger partial charge in [0, 0.05) is 38.9 Å². The third-order valence-electron chi connectivity index (χ3n) is 12.5. The first-order chi connectivity index (χ1) is 29.4. The summed E-state index contributed by atoms with van der Waals surface area (Å²) in [6, 6.07) is 65.1.